The number of aromatic carboxylic acids is 1. The number of carboxylic acid groups (broad SMARTS) is 1. The van der Waals surface area contributed by atoms with Gasteiger partial charge in [0.1, 0.15) is 12.4 Å². The molecule has 2 N–H and O–H groups in total. The van der Waals surface area contributed by atoms with E-state index in [0.29, 0.717) is 17.7 Å². The van der Waals surface area contributed by atoms with Gasteiger partial charge in [0.25, 0.3) is 5.91 Å². The Morgan fingerprint density at radius 1 is 0.931 bits per heavy atom. The van der Waals surface area contributed by atoms with Crippen LogP contribution in [-0.2, 0) is 6.61 Å². The first kappa shape index (κ1) is 19.8. The zero-order valence-corrected chi connectivity index (χ0v) is 15.8. The fourth-order valence-electron chi connectivity index (χ4n) is 2.50. The molecule has 0 radical (unpaired) electrons. The van der Waals surface area contributed by atoms with Gasteiger partial charge in [-0.2, -0.15) is 5.10 Å². The fourth-order valence-corrected chi connectivity index (χ4v) is 2.50. The van der Waals surface area contributed by atoms with E-state index >= 15 is 0 Å². The number of aryl methyl sites for hydroxylation is 1. The van der Waals surface area contributed by atoms with Gasteiger partial charge in [0.2, 0.25) is 0 Å². The van der Waals surface area contributed by atoms with Crippen molar-refractivity contribution in [1.29, 1.82) is 0 Å². The van der Waals surface area contributed by atoms with Crippen molar-refractivity contribution in [3.63, 3.8) is 0 Å². The summed E-state index contributed by atoms with van der Waals surface area (Å²) in [6.07, 6.45) is 1.45. The van der Waals surface area contributed by atoms with Crippen molar-refractivity contribution in [3.05, 3.63) is 101 Å². The summed E-state index contributed by atoms with van der Waals surface area (Å²) in [4.78, 5) is 23.0. The fraction of sp³-hybridized carbons (Fsp3) is 0.0870. The number of rotatable bonds is 7. The maximum atomic E-state index is 12.2. The molecule has 6 heteroatoms. The Morgan fingerprint density at radius 3 is 2.17 bits per heavy atom. The van der Waals surface area contributed by atoms with Crippen molar-refractivity contribution in [2.45, 2.75) is 13.5 Å². The van der Waals surface area contributed by atoms with Crippen molar-refractivity contribution >= 4 is 18.1 Å². The molecule has 146 valence electrons. The molecule has 0 aliphatic carbocycles. The molecule has 1 amide bonds. The van der Waals surface area contributed by atoms with Gasteiger partial charge in [-0.1, -0.05) is 42.0 Å². The molecule has 0 unspecified atom stereocenters. The van der Waals surface area contributed by atoms with E-state index in [1.807, 2.05) is 43.3 Å². The van der Waals surface area contributed by atoms with E-state index in [1.54, 1.807) is 24.3 Å². The highest BCUT2D eigenvalue weighted by molar-refractivity contribution is 5.95. The predicted octanol–water partition coefficient (Wildman–Crippen LogP) is 4.04. The molecule has 3 rings (SSSR count). The quantitative estimate of drug-likeness (QED) is 0.472. The minimum absolute atomic E-state index is 0.192. The highest BCUT2D eigenvalue weighted by atomic mass is 16.5. The lowest BCUT2D eigenvalue weighted by atomic mass is 10.1. The van der Waals surface area contributed by atoms with Gasteiger partial charge in [-0.3, -0.25) is 4.79 Å². The van der Waals surface area contributed by atoms with E-state index in [0.717, 1.165) is 11.3 Å². The Morgan fingerprint density at radius 2 is 1.55 bits per heavy atom. The van der Waals surface area contributed by atoms with Gasteiger partial charge in [0.15, 0.2) is 0 Å². The zero-order chi connectivity index (χ0) is 20.6. The summed E-state index contributed by atoms with van der Waals surface area (Å²) in [5.74, 6) is -0.535. The van der Waals surface area contributed by atoms with E-state index < -0.39 is 5.97 Å². The number of benzene rings is 3. The first-order chi connectivity index (χ1) is 14.0. The van der Waals surface area contributed by atoms with Crippen LogP contribution in [0.3, 0.4) is 0 Å². The number of carbonyl (C=O) groups excluding carboxylic acids is 1. The van der Waals surface area contributed by atoms with Crippen molar-refractivity contribution in [1.82, 2.24) is 5.43 Å². The Labute approximate surface area is 168 Å². The van der Waals surface area contributed by atoms with Gasteiger partial charge >= 0.3 is 5.97 Å². The molecule has 6 nitrogen and oxygen atoms in total. The highest BCUT2D eigenvalue weighted by Gasteiger charge is 2.05. The third kappa shape index (κ3) is 5.77. The van der Waals surface area contributed by atoms with Gasteiger partial charge in [0.05, 0.1) is 11.8 Å². The number of carbonyl (C=O) groups is 2. The molecule has 0 aromatic heterocycles. The Hall–Kier alpha value is -3.93. The predicted molar refractivity (Wildman–Crippen MR) is 110 cm³/mol. The molecule has 0 heterocycles. The van der Waals surface area contributed by atoms with Crippen LogP contribution in [0.5, 0.6) is 5.75 Å². The van der Waals surface area contributed by atoms with Crippen molar-refractivity contribution in [2.24, 2.45) is 5.10 Å². The number of nitrogens with one attached hydrogen (secondary N) is 1. The van der Waals surface area contributed by atoms with Gasteiger partial charge in [-0.05, 0) is 54.4 Å². The number of ether oxygens (including phenoxy) is 1. The summed E-state index contributed by atoms with van der Waals surface area (Å²) in [5, 5.41) is 12.8. The van der Waals surface area contributed by atoms with Gasteiger partial charge < -0.3 is 9.84 Å². The highest BCUT2D eigenvalue weighted by Crippen LogP contribution is 2.14. The van der Waals surface area contributed by atoms with Crippen LogP contribution in [-0.4, -0.2) is 23.2 Å². The second-order valence-corrected chi connectivity index (χ2v) is 6.42. The summed E-state index contributed by atoms with van der Waals surface area (Å²) in [7, 11) is 0. The molecule has 0 spiro atoms. The zero-order valence-electron chi connectivity index (χ0n) is 15.8. The van der Waals surface area contributed by atoms with E-state index in [4.69, 9.17) is 9.84 Å². The van der Waals surface area contributed by atoms with Crippen molar-refractivity contribution in [3.8, 4) is 5.75 Å². The molecular formula is C23H20N2O4. The number of hydrogen-bond acceptors (Lipinski definition) is 4. The normalized spacial score (nSPS) is 10.7. The average molecular weight is 388 g/mol. The van der Waals surface area contributed by atoms with Crippen LogP contribution in [0.2, 0.25) is 0 Å². The van der Waals surface area contributed by atoms with Crippen LogP contribution in [0.1, 0.15) is 37.4 Å². The molecule has 0 aliphatic heterocycles. The minimum Gasteiger partial charge on any atom is -0.489 e. The van der Waals surface area contributed by atoms with Crippen LogP contribution >= 0.6 is 0 Å². The smallest absolute Gasteiger partial charge is 0.335 e. The van der Waals surface area contributed by atoms with E-state index in [9.17, 15) is 9.59 Å². The average Bonchev–Trinajstić information content (AvgIpc) is 2.74. The summed E-state index contributed by atoms with van der Waals surface area (Å²) in [5.41, 5.74) is 5.92. The molecule has 29 heavy (non-hydrogen) atoms. The maximum Gasteiger partial charge on any atom is 0.335 e. The van der Waals surface area contributed by atoms with Crippen molar-refractivity contribution in [2.75, 3.05) is 0 Å². The van der Waals surface area contributed by atoms with Crippen LogP contribution < -0.4 is 10.2 Å². The Balaban J connectivity index is 1.51. The van der Waals surface area contributed by atoms with E-state index in [1.165, 1.54) is 23.9 Å². The maximum absolute atomic E-state index is 12.2. The van der Waals surface area contributed by atoms with Crippen LogP contribution in [0, 0.1) is 6.92 Å². The van der Waals surface area contributed by atoms with Gasteiger partial charge in [-0.15, -0.1) is 0 Å². The summed E-state index contributed by atoms with van der Waals surface area (Å²) < 4.78 is 5.72. The molecule has 0 atom stereocenters. The Kier molecular flexibility index (Phi) is 6.37. The van der Waals surface area contributed by atoms with Crippen LogP contribution in [0.4, 0.5) is 0 Å². The first-order valence-electron chi connectivity index (χ1n) is 8.96. The summed E-state index contributed by atoms with van der Waals surface area (Å²) in [6, 6.07) is 21.1. The molecular weight excluding hydrogens is 368 g/mol. The minimum atomic E-state index is -0.991. The molecule has 0 fully saturated rings. The van der Waals surface area contributed by atoms with Gasteiger partial charge in [-0.25, -0.2) is 10.2 Å². The molecule has 3 aromatic carbocycles. The third-order valence-corrected chi connectivity index (χ3v) is 4.18. The molecule has 3 aromatic rings. The van der Waals surface area contributed by atoms with E-state index in [2.05, 4.69) is 10.5 Å². The number of nitrogens with zero attached hydrogens (tertiary/aromatic N) is 1. The number of hydrazone groups is 1. The Bertz CT molecular complexity index is 1010. The number of hydrogen-bond donors (Lipinski definition) is 2. The topological polar surface area (TPSA) is 88.0 Å². The summed E-state index contributed by atoms with van der Waals surface area (Å²) >= 11 is 0. The van der Waals surface area contributed by atoms with Crippen LogP contribution in [0.15, 0.2) is 77.9 Å². The first-order valence-corrected chi connectivity index (χ1v) is 8.96. The molecule has 0 saturated heterocycles. The van der Waals surface area contributed by atoms with Crippen molar-refractivity contribution < 1.29 is 19.4 Å². The monoisotopic (exact) mass is 388 g/mol. The van der Waals surface area contributed by atoms with Crippen LogP contribution in [0.25, 0.3) is 0 Å². The van der Waals surface area contributed by atoms with Gasteiger partial charge in [0, 0.05) is 5.56 Å². The molecule has 0 aliphatic rings. The SMILES string of the molecule is Cc1ccc(OCc2ccc(C(=O)N/N=C/c3ccc(C(=O)O)cc3)cc2)cc1. The second kappa shape index (κ2) is 9.32. The largest absolute Gasteiger partial charge is 0.489 e. The second-order valence-electron chi connectivity index (χ2n) is 6.42. The lowest BCUT2D eigenvalue weighted by molar-refractivity contribution is 0.0696. The molecule has 0 saturated carbocycles. The lowest BCUT2D eigenvalue weighted by Gasteiger charge is -2.07. The third-order valence-electron chi connectivity index (χ3n) is 4.18. The lowest BCUT2D eigenvalue weighted by Crippen LogP contribution is -2.17. The molecule has 0 bridgehead atoms. The van der Waals surface area contributed by atoms with E-state index in [-0.39, 0.29) is 11.5 Å². The number of amides is 1. The number of carboxylic acids is 1. The summed E-state index contributed by atoms with van der Waals surface area (Å²) in [6.45, 7) is 2.43. The standard InChI is InChI=1S/C23H20N2O4/c1-16-2-12-21(13-3-16)29-15-18-6-8-19(9-7-18)22(26)25-24-14-17-4-10-20(11-5-17)23(27)28/h2-14H,15H2,1H3,(H,25,26)(H,27,28)/b24-14+.